The largest absolute Gasteiger partial charge is 0.305 e. The summed E-state index contributed by atoms with van der Waals surface area (Å²) in [4.78, 5) is 0. The van der Waals surface area contributed by atoms with Gasteiger partial charge in [-0.3, -0.25) is 0 Å². The summed E-state index contributed by atoms with van der Waals surface area (Å²) >= 11 is 0. The standard InChI is InChI=1S/C33H24.C8H9N/c1-21-18-19-23(20-22(21)2)24-13-9-17-31-32(24)27-12-5-8-16-30(27)33(31)28-14-6-3-10-25(28)26-11-4-7-15-29(26)33;1-7(9)8-5-3-2-4-6-8/h3-20H,1-2H3;2-6,9H,1H3. The summed E-state index contributed by atoms with van der Waals surface area (Å²) in [6.45, 7) is 6.18. The predicted molar refractivity (Wildman–Crippen MR) is 177 cm³/mol. The average molecular weight is 540 g/mol. The molecule has 8 rings (SSSR count). The third-order valence-corrected chi connectivity index (χ3v) is 9.05. The molecule has 2 aliphatic rings. The Bertz CT molecular complexity index is 1930. The van der Waals surface area contributed by atoms with Crippen molar-refractivity contribution in [3.63, 3.8) is 0 Å². The van der Waals surface area contributed by atoms with E-state index in [-0.39, 0.29) is 5.41 Å². The molecular weight excluding hydrogens is 506 g/mol. The molecule has 6 aromatic rings. The van der Waals surface area contributed by atoms with Gasteiger partial charge in [-0.15, -0.1) is 0 Å². The van der Waals surface area contributed by atoms with E-state index >= 15 is 0 Å². The molecule has 202 valence electrons. The van der Waals surface area contributed by atoms with Crippen molar-refractivity contribution in [2.75, 3.05) is 0 Å². The molecule has 0 saturated heterocycles. The van der Waals surface area contributed by atoms with Crippen LogP contribution in [0, 0.1) is 19.3 Å². The van der Waals surface area contributed by atoms with Gasteiger partial charge in [0.25, 0.3) is 0 Å². The number of fused-ring (bicyclic) bond motifs is 10. The first-order valence-electron chi connectivity index (χ1n) is 14.6. The second-order valence-corrected chi connectivity index (χ2v) is 11.4. The number of nitrogens with one attached hydrogen (secondary N) is 1. The molecule has 1 N–H and O–H groups in total. The molecule has 0 unspecified atom stereocenters. The van der Waals surface area contributed by atoms with Crippen LogP contribution in [0.2, 0.25) is 0 Å². The zero-order valence-corrected chi connectivity index (χ0v) is 24.3. The molecule has 0 saturated carbocycles. The lowest BCUT2D eigenvalue weighted by molar-refractivity contribution is 0.794. The number of hydrogen-bond donors (Lipinski definition) is 1. The fourth-order valence-electron chi connectivity index (χ4n) is 6.98. The van der Waals surface area contributed by atoms with Gasteiger partial charge in [-0.25, -0.2) is 0 Å². The van der Waals surface area contributed by atoms with Crippen LogP contribution in [0.3, 0.4) is 0 Å². The zero-order valence-electron chi connectivity index (χ0n) is 24.3. The highest BCUT2D eigenvalue weighted by atomic mass is 14.5. The van der Waals surface area contributed by atoms with E-state index in [1.807, 2.05) is 30.3 Å². The highest BCUT2D eigenvalue weighted by Crippen LogP contribution is 2.63. The van der Waals surface area contributed by atoms with Gasteiger partial charge >= 0.3 is 0 Å². The minimum atomic E-state index is -0.269. The van der Waals surface area contributed by atoms with Crippen LogP contribution in [0.1, 0.15) is 45.9 Å². The average Bonchev–Trinajstić information content (AvgIpc) is 3.51. The van der Waals surface area contributed by atoms with E-state index in [2.05, 4.69) is 123 Å². The monoisotopic (exact) mass is 539 g/mol. The highest BCUT2D eigenvalue weighted by molar-refractivity contribution is 6.00. The van der Waals surface area contributed by atoms with E-state index in [1.54, 1.807) is 6.92 Å². The number of hydrogen-bond acceptors (Lipinski definition) is 1. The van der Waals surface area contributed by atoms with Crippen LogP contribution in [0.25, 0.3) is 33.4 Å². The van der Waals surface area contributed by atoms with Crippen molar-refractivity contribution >= 4 is 5.71 Å². The van der Waals surface area contributed by atoms with E-state index in [0.717, 1.165) is 5.56 Å². The van der Waals surface area contributed by atoms with Gasteiger partial charge in [0.2, 0.25) is 0 Å². The maximum Gasteiger partial charge on any atom is 0.0725 e. The molecule has 0 aromatic heterocycles. The van der Waals surface area contributed by atoms with Crippen molar-refractivity contribution in [3.05, 3.63) is 178 Å². The van der Waals surface area contributed by atoms with E-state index in [9.17, 15) is 0 Å². The molecule has 0 atom stereocenters. The molecular formula is C41H33N. The topological polar surface area (TPSA) is 23.9 Å². The Morgan fingerprint density at radius 2 is 0.976 bits per heavy atom. The zero-order chi connectivity index (χ0) is 28.8. The van der Waals surface area contributed by atoms with Crippen molar-refractivity contribution in [2.45, 2.75) is 26.2 Å². The Balaban J connectivity index is 0.000000276. The van der Waals surface area contributed by atoms with Crippen LogP contribution in [-0.4, -0.2) is 5.71 Å². The van der Waals surface area contributed by atoms with Crippen molar-refractivity contribution in [1.29, 1.82) is 5.41 Å². The Hall–Kier alpha value is -5.01. The van der Waals surface area contributed by atoms with Crippen molar-refractivity contribution in [2.24, 2.45) is 0 Å². The van der Waals surface area contributed by atoms with Gasteiger partial charge in [0.05, 0.1) is 5.41 Å². The number of benzene rings is 6. The predicted octanol–water partition coefficient (Wildman–Crippen LogP) is 10.4. The van der Waals surface area contributed by atoms with Crippen LogP contribution in [0.15, 0.2) is 140 Å². The van der Waals surface area contributed by atoms with Gasteiger partial charge in [-0.1, -0.05) is 140 Å². The van der Waals surface area contributed by atoms with Gasteiger partial charge in [-0.2, -0.15) is 0 Å². The van der Waals surface area contributed by atoms with Crippen LogP contribution in [0.4, 0.5) is 0 Å². The lowest BCUT2D eigenvalue weighted by Gasteiger charge is -2.30. The molecule has 0 fully saturated rings. The maximum atomic E-state index is 7.24. The quantitative estimate of drug-likeness (QED) is 0.211. The summed E-state index contributed by atoms with van der Waals surface area (Å²) < 4.78 is 0. The van der Waals surface area contributed by atoms with Gasteiger partial charge in [-0.05, 0) is 93.1 Å². The first kappa shape index (κ1) is 25.9. The van der Waals surface area contributed by atoms with Crippen LogP contribution >= 0.6 is 0 Å². The van der Waals surface area contributed by atoms with Crippen molar-refractivity contribution in [1.82, 2.24) is 0 Å². The van der Waals surface area contributed by atoms with E-state index in [4.69, 9.17) is 5.41 Å². The third-order valence-electron chi connectivity index (χ3n) is 9.05. The minimum Gasteiger partial charge on any atom is -0.305 e. The van der Waals surface area contributed by atoms with Crippen molar-refractivity contribution in [3.8, 4) is 33.4 Å². The van der Waals surface area contributed by atoms with E-state index < -0.39 is 0 Å². The number of rotatable bonds is 2. The lowest BCUT2D eigenvalue weighted by Crippen LogP contribution is -2.25. The maximum absolute atomic E-state index is 7.24. The smallest absolute Gasteiger partial charge is 0.0725 e. The lowest BCUT2D eigenvalue weighted by atomic mass is 9.70. The minimum absolute atomic E-state index is 0.269. The fraction of sp³-hybridized carbons (Fsp3) is 0.0976. The molecule has 42 heavy (non-hydrogen) atoms. The second kappa shape index (κ2) is 10.1. The van der Waals surface area contributed by atoms with Gasteiger partial charge in [0.15, 0.2) is 0 Å². The first-order valence-corrected chi connectivity index (χ1v) is 14.6. The summed E-state index contributed by atoms with van der Waals surface area (Å²) in [5.41, 5.74) is 17.7. The van der Waals surface area contributed by atoms with Crippen LogP contribution in [0.5, 0.6) is 0 Å². The Morgan fingerprint density at radius 1 is 0.476 bits per heavy atom. The SMILES string of the molecule is CC(=N)c1ccccc1.Cc1ccc(-c2cccc3c2-c2ccccc2C32c3ccccc3-c3ccccc32)cc1C. The molecule has 0 heterocycles. The molecule has 6 aromatic carbocycles. The fourth-order valence-corrected chi connectivity index (χ4v) is 6.98. The van der Waals surface area contributed by atoms with Gasteiger partial charge < -0.3 is 5.41 Å². The second-order valence-electron chi connectivity index (χ2n) is 11.4. The highest BCUT2D eigenvalue weighted by Gasteiger charge is 2.51. The van der Waals surface area contributed by atoms with E-state index in [1.165, 1.54) is 66.8 Å². The summed E-state index contributed by atoms with van der Waals surface area (Å²) in [7, 11) is 0. The Morgan fingerprint density at radius 3 is 1.55 bits per heavy atom. The molecule has 2 aliphatic carbocycles. The Kier molecular flexibility index (Phi) is 6.25. The molecule has 1 heteroatoms. The summed E-state index contributed by atoms with van der Waals surface area (Å²) in [6, 6.07) is 50.5. The summed E-state index contributed by atoms with van der Waals surface area (Å²) in [5.74, 6) is 0. The van der Waals surface area contributed by atoms with Gasteiger partial charge in [0, 0.05) is 5.71 Å². The summed E-state index contributed by atoms with van der Waals surface area (Å²) in [5, 5.41) is 7.24. The van der Waals surface area contributed by atoms with E-state index in [0.29, 0.717) is 5.71 Å². The molecule has 0 aliphatic heterocycles. The number of aryl methyl sites for hydroxylation is 2. The summed E-state index contributed by atoms with van der Waals surface area (Å²) in [6.07, 6.45) is 0. The first-order chi connectivity index (χ1) is 20.5. The normalized spacial score (nSPS) is 12.9. The molecule has 0 radical (unpaired) electrons. The van der Waals surface area contributed by atoms with Crippen LogP contribution < -0.4 is 0 Å². The molecule has 1 nitrogen and oxygen atoms in total. The molecule has 1 spiro atoms. The van der Waals surface area contributed by atoms with Crippen LogP contribution in [-0.2, 0) is 5.41 Å². The van der Waals surface area contributed by atoms with Crippen molar-refractivity contribution < 1.29 is 0 Å². The van der Waals surface area contributed by atoms with Gasteiger partial charge in [0.1, 0.15) is 0 Å². The third kappa shape index (κ3) is 3.81. The Labute approximate surface area is 248 Å². The molecule has 0 bridgehead atoms. The molecule has 0 amide bonds.